The van der Waals surface area contributed by atoms with E-state index in [1.165, 1.54) is 0 Å². The molecule has 76 valence electrons. The Morgan fingerprint density at radius 1 is 1.36 bits per heavy atom. The summed E-state index contributed by atoms with van der Waals surface area (Å²) < 4.78 is 0. The Morgan fingerprint density at radius 2 is 1.79 bits per heavy atom. The first-order valence-electron chi connectivity index (χ1n) is 4.62. The summed E-state index contributed by atoms with van der Waals surface area (Å²) in [5.74, 6) is -0.472. The summed E-state index contributed by atoms with van der Waals surface area (Å²) in [6.45, 7) is 5.34. The summed E-state index contributed by atoms with van der Waals surface area (Å²) in [6, 6.07) is 1.26. The number of hydrogen-bond donors (Lipinski definition) is 0. The molecule has 0 N–H and O–H groups in total. The average molecular weight is 194 g/mol. The van der Waals surface area contributed by atoms with E-state index in [1.54, 1.807) is 6.92 Å². The van der Waals surface area contributed by atoms with Crippen LogP contribution in [0.3, 0.4) is 0 Å². The van der Waals surface area contributed by atoms with Crippen molar-refractivity contribution < 1.29 is 9.59 Å². The van der Waals surface area contributed by atoms with Gasteiger partial charge in [-0.15, -0.1) is 0 Å². The molecule has 1 aliphatic rings. The number of imide groups is 1. The topological polar surface area (TPSA) is 61.2 Å². The van der Waals surface area contributed by atoms with Crippen molar-refractivity contribution in [1.29, 1.82) is 5.26 Å². The molecule has 1 aliphatic heterocycles. The lowest BCUT2D eigenvalue weighted by Gasteiger charge is -2.35. The molecule has 1 unspecified atom stereocenters. The highest BCUT2D eigenvalue weighted by molar-refractivity contribution is 5.99. The molecule has 14 heavy (non-hydrogen) atoms. The number of carbonyl (C=O) groups is 2. The van der Waals surface area contributed by atoms with Crippen molar-refractivity contribution in [3.63, 3.8) is 0 Å². The second kappa shape index (κ2) is 3.41. The van der Waals surface area contributed by atoms with Gasteiger partial charge in [0.15, 0.2) is 0 Å². The average Bonchev–Trinajstić information content (AvgIpc) is 1.99. The second-order valence-electron chi connectivity index (χ2n) is 4.48. The number of likely N-dealkylation sites (tertiary alicyclic amines) is 1. The number of nitrogens with zero attached hydrogens (tertiary/aromatic N) is 2. The van der Waals surface area contributed by atoms with E-state index >= 15 is 0 Å². The fourth-order valence-electron chi connectivity index (χ4n) is 1.68. The van der Waals surface area contributed by atoms with Gasteiger partial charge in [-0.05, 0) is 12.3 Å². The van der Waals surface area contributed by atoms with Crippen LogP contribution in [0.1, 0.15) is 33.6 Å². The summed E-state index contributed by atoms with van der Waals surface area (Å²) >= 11 is 0. The molecular formula is C10H14N2O2. The Kier molecular flexibility index (Phi) is 2.61. The van der Waals surface area contributed by atoms with Crippen molar-refractivity contribution in [2.75, 3.05) is 0 Å². The van der Waals surface area contributed by atoms with Crippen LogP contribution in [0.2, 0.25) is 0 Å². The molecule has 2 amide bonds. The van der Waals surface area contributed by atoms with Crippen LogP contribution >= 0.6 is 0 Å². The van der Waals surface area contributed by atoms with Gasteiger partial charge in [-0.1, -0.05) is 13.8 Å². The van der Waals surface area contributed by atoms with Crippen LogP contribution < -0.4 is 0 Å². The SMILES string of the molecule is CC(C#N)N1C(=O)CC(C)(C)CC1=O. The van der Waals surface area contributed by atoms with Crippen LogP contribution in [0.15, 0.2) is 0 Å². The van der Waals surface area contributed by atoms with E-state index in [0.717, 1.165) is 4.90 Å². The predicted octanol–water partition coefficient (Wildman–Crippen LogP) is 1.07. The molecule has 1 rings (SSSR count). The lowest BCUT2D eigenvalue weighted by molar-refractivity contribution is -0.153. The van der Waals surface area contributed by atoms with Gasteiger partial charge in [0.1, 0.15) is 6.04 Å². The van der Waals surface area contributed by atoms with Gasteiger partial charge in [0.25, 0.3) is 0 Å². The van der Waals surface area contributed by atoms with Crippen molar-refractivity contribution in [3.05, 3.63) is 0 Å². The molecule has 4 nitrogen and oxygen atoms in total. The number of nitriles is 1. The maximum Gasteiger partial charge on any atom is 0.230 e. The minimum absolute atomic E-state index is 0.236. The first kappa shape index (κ1) is 10.7. The maximum absolute atomic E-state index is 11.6. The maximum atomic E-state index is 11.6. The zero-order valence-electron chi connectivity index (χ0n) is 8.70. The lowest BCUT2D eigenvalue weighted by atomic mass is 9.81. The number of hydrogen-bond acceptors (Lipinski definition) is 3. The van der Waals surface area contributed by atoms with Crippen LogP contribution in [-0.2, 0) is 9.59 Å². The van der Waals surface area contributed by atoms with Gasteiger partial charge in [-0.3, -0.25) is 14.5 Å². The molecule has 1 heterocycles. The standard InChI is InChI=1S/C10H14N2O2/c1-7(6-11)12-8(13)4-10(2,3)5-9(12)14/h7H,4-5H2,1-3H3. The van der Waals surface area contributed by atoms with E-state index in [9.17, 15) is 9.59 Å². The van der Waals surface area contributed by atoms with Gasteiger partial charge in [0.2, 0.25) is 11.8 Å². The van der Waals surface area contributed by atoms with Crippen LogP contribution in [0, 0.1) is 16.7 Å². The fraction of sp³-hybridized carbons (Fsp3) is 0.700. The van der Waals surface area contributed by atoms with Crippen molar-refractivity contribution >= 4 is 11.8 Å². The van der Waals surface area contributed by atoms with Crippen LogP contribution in [-0.4, -0.2) is 22.8 Å². The van der Waals surface area contributed by atoms with Crippen molar-refractivity contribution in [2.45, 2.75) is 39.7 Å². The highest BCUT2D eigenvalue weighted by Crippen LogP contribution is 2.32. The highest BCUT2D eigenvalue weighted by Gasteiger charge is 2.39. The molecular weight excluding hydrogens is 180 g/mol. The zero-order valence-corrected chi connectivity index (χ0v) is 8.70. The van der Waals surface area contributed by atoms with E-state index in [-0.39, 0.29) is 17.2 Å². The molecule has 0 radical (unpaired) electrons. The molecule has 4 heteroatoms. The van der Waals surface area contributed by atoms with Crippen LogP contribution in [0.5, 0.6) is 0 Å². The van der Waals surface area contributed by atoms with Crippen LogP contribution in [0.25, 0.3) is 0 Å². The summed E-state index contributed by atoms with van der Waals surface area (Å²) in [7, 11) is 0. The first-order valence-corrected chi connectivity index (χ1v) is 4.62. The van der Waals surface area contributed by atoms with Gasteiger partial charge in [0.05, 0.1) is 6.07 Å². The largest absolute Gasteiger partial charge is 0.274 e. The Labute approximate surface area is 83.5 Å². The molecule has 0 aromatic rings. The molecule has 0 bridgehead atoms. The van der Waals surface area contributed by atoms with Gasteiger partial charge in [-0.2, -0.15) is 5.26 Å². The number of amides is 2. The summed E-state index contributed by atoms with van der Waals surface area (Å²) in [6.07, 6.45) is 0.676. The molecule has 0 aromatic carbocycles. The Morgan fingerprint density at radius 3 is 2.14 bits per heavy atom. The lowest BCUT2D eigenvalue weighted by Crippen LogP contribution is -2.49. The van der Waals surface area contributed by atoms with Gasteiger partial charge in [0, 0.05) is 12.8 Å². The third-order valence-corrected chi connectivity index (χ3v) is 2.37. The van der Waals surface area contributed by atoms with E-state index < -0.39 is 6.04 Å². The highest BCUT2D eigenvalue weighted by atomic mass is 16.2. The normalized spacial score (nSPS) is 23.1. The number of rotatable bonds is 1. The number of piperidine rings is 1. The molecule has 1 fully saturated rings. The van der Waals surface area contributed by atoms with Crippen molar-refractivity contribution in [1.82, 2.24) is 4.90 Å². The van der Waals surface area contributed by atoms with Gasteiger partial charge < -0.3 is 0 Å². The van der Waals surface area contributed by atoms with Crippen LogP contribution in [0.4, 0.5) is 0 Å². The minimum atomic E-state index is -0.647. The summed E-state index contributed by atoms with van der Waals surface area (Å²) in [5, 5.41) is 8.66. The predicted molar refractivity (Wildman–Crippen MR) is 49.9 cm³/mol. The Bertz CT molecular complexity index is 295. The molecule has 0 spiro atoms. The third-order valence-electron chi connectivity index (χ3n) is 2.37. The van der Waals surface area contributed by atoms with E-state index in [1.807, 2.05) is 19.9 Å². The zero-order chi connectivity index (χ0) is 10.9. The second-order valence-corrected chi connectivity index (χ2v) is 4.48. The molecule has 0 saturated carbocycles. The smallest absolute Gasteiger partial charge is 0.230 e. The van der Waals surface area contributed by atoms with Gasteiger partial charge >= 0.3 is 0 Å². The summed E-state index contributed by atoms with van der Waals surface area (Å²) in [4.78, 5) is 24.2. The molecule has 0 aliphatic carbocycles. The van der Waals surface area contributed by atoms with E-state index in [0.29, 0.717) is 12.8 Å². The monoisotopic (exact) mass is 194 g/mol. The quantitative estimate of drug-likeness (QED) is 0.587. The molecule has 1 atom stereocenters. The van der Waals surface area contributed by atoms with Gasteiger partial charge in [-0.25, -0.2) is 0 Å². The first-order chi connectivity index (χ1) is 6.37. The summed E-state index contributed by atoms with van der Waals surface area (Å²) in [5.41, 5.74) is -0.264. The molecule has 1 saturated heterocycles. The Hall–Kier alpha value is -1.37. The Balaban J connectivity index is 2.88. The third kappa shape index (κ3) is 1.92. The molecule has 0 aromatic heterocycles. The van der Waals surface area contributed by atoms with E-state index in [4.69, 9.17) is 5.26 Å². The minimum Gasteiger partial charge on any atom is -0.274 e. The van der Waals surface area contributed by atoms with Crippen molar-refractivity contribution in [2.24, 2.45) is 5.41 Å². The van der Waals surface area contributed by atoms with E-state index in [2.05, 4.69) is 0 Å². The fourth-order valence-corrected chi connectivity index (χ4v) is 1.68. The number of carbonyl (C=O) groups excluding carboxylic acids is 2. The van der Waals surface area contributed by atoms with Crippen molar-refractivity contribution in [3.8, 4) is 6.07 Å².